The summed E-state index contributed by atoms with van der Waals surface area (Å²) in [6.45, 7) is 6.26. The molecule has 0 unspecified atom stereocenters. The van der Waals surface area contributed by atoms with E-state index >= 15 is 0 Å². The first-order chi connectivity index (χ1) is 9.54. The number of benzene rings is 1. The third-order valence-corrected chi connectivity index (χ3v) is 3.60. The van der Waals surface area contributed by atoms with Gasteiger partial charge < -0.3 is 4.90 Å². The monoisotopic (exact) mass is 289 g/mol. The molecule has 1 aromatic heterocycles. The summed E-state index contributed by atoms with van der Waals surface area (Å²) in [6.07, 6.45) is 1.87. The molecule has 1 aromatic carbocycles. The lowest BCUT2D eigenvalue weighted by Crippen LogP contribution is -2.15. The summed E-state index contributed by atoms with van der Waals surface area (Å²) in [4.78, 5) is 11.1. The van der Waals surface area contributed by atoms with Gasteiger partial charge in [0.15, 0.2) is 0 Å². The van der Waals surface area contributed by atoms with Crippen molar-refractivity contribution in [2.24, 2.45) is 0 Å². The van der Waals surface area contributed by atoms with Gasteiger partial charge in [-0.25, -0.2) is 9.97 Å². The van der Waals surface area contributed by atoms with Gasteiger partial charge in [0, 0.05) is 18.7 Å². The third kappa shape index (κ3) is 2.93. The van der Waals surface area contributed by atoms with E-state index in [0.717, 1.165) is 22.9 Å². The highest BCUT2D eigenvalue weighted by molar-refractivity contribution is 6.17. The lowest BCUT2D eigenvalue weighted by molar-refractivity contribution is 0.763. The number of alkyl halides is 1. The lowest BCUT2D eigenvalue weighted by atomic mass is 10.1. The summed E-state index contributed by atoms with van der Waals surface area (Å²) in [6, 6.07) is 8.25. The summed E-state index contributed by atoms with van der Waals surface area (Å²) in [7, 11) is 2.02. The quantitative estimate of drug-likeness (QED) is 0.781. The van der Waals surface area contributed by atoms with Crippen molar-refractivity contribution in [3.05, 3.63) is 47.5 Å². The van der Waals surface area contributed by atoms with Gasteiger partial charge in [-0.3, -0.25) is 0 Å². The van der Waals surface area contributed by atoms with Crippen LogP contribution in [-0.2, 0) is 5.88 Å². The molecule has 4 heteroatoms. The molecule has 0 aliphatic carbocycles. The first kappa shape index (κ1) is 14.8. The highest BCUT2D eigenvalue weighted by atomic mass is 35.5. The second kappa shape index (κ2) is 6.23. The lowest BCUT2D eigenvalue weighted by Gasteiger charge is -2.23. The second-order valence-corrected chi connectivity index (χ2v) is 5.46. The van der Waals surface area contributed by atoms with Crippen LogP contribution >= 0.6 is 11.6 Å². The van der Waals surface area contributed by atoms with Gasteiger partial charge in [-0.15, -0.1) is 11.6 Å². The Morgan fingerprint density at radius 2 is 1.90 bits per heavy atom. The van der Waals surface area contributed by atoms with Gasteiger partial charge in [-0.05, 0) is 18.6 Å². The van der Waals surface area contributed by atoms with Gasteiger partial charge in [0.05, 0.1) is 23.5 Å². The van der Waals surface area contributed by atoms with Gasteiger partial charge >= 0.3 is 0 Å². The molecule has 0 amide bonds. The minimum Gasteiger partial charge on any atom is -0.342 e. The molecule has 106 valence electrons. The molecule has 0 aliphatic heterocycles. The molecular weight excluding hydrogens is 270 g/mol. The molecule has 0 fully saturated rings. The minimum atomic E-state index is 0.301. The molecule has 2 rings (SSSR count). The molecule has 0 spiro atoms. The van der Waals surface area contributed by atoms with E-state index < -0.39 is 0 Å². The zero-order chi connectivity index (χ0) is 14.7. The summed E-state index contributed by atoms with van der Waals surface area (Å²) < 4.78 is 0. The molecule has 0 radical (unpaired) electrons. The van der Waals surface area contributed by atoms with Crippen LogP contribution in [0.4, 0.5) is 11.4 Å². The van der Waals surface area contributed by atoms with E-state index in [9.17, 15) is 0 Å². The summed E-state index contributed by atoms with van der Waals surface area (Å²) in [5.41, 5.74) is 4.18. The summed E-state index contributed by atoms with van der Waals surface area (Å²) in [5, 5.41) is 0. The number of hydrogen-bond donors (Lipinski definition) is 0. The fourth-order valence-corrected chi connectivity index (χ4v) is 2.35. The van der Waals surface area contributed by atoms with E-state index in [1.54, 1.807) is 0 Å². The van der Waals surface area contributed by atoms with Crippen molar-refractivity contribution in [1.82, 2.24) is 9.97 Å². The average molecular weight is 290 g/mol. The maximum Gasteiger partial charge on any atom is 0.131 e. The average Bonchev–Trinajstić information content (AvgIpc) is 2.46. The van der Waals surface area contributed by atoms with Crippen molar-refractivity contribution in [3.8, 4) is 0 Å². The minimum absolute atomic E-state index is 0.301. The Morgan fingerprint density at radius 3 is 2.50 bits per heavy atom. The van der Waals surface area contributed by atoms with Crippen LogP contribution in [0, 0.1) is 6.92 Å². The Bertz CT molecular complexity index is 596. The number of hydrogen-bond acceptors (Lipinski definition) is 3. The molecule has 0 saturated heterocycles. The van der Waals surface area contributed by atoms with Gasteiger partial charge in [0.25, 0.3) is 0 Å². The smallest absolute Gasteiger partial charge is 0.131 e. The molecule has 0 aliphatic rings. The SMILES string of the molecule is Cc1ccccc1N(C)c1cnc(C(C)C)nc1CCl. The number of aryl methyl sites for hydroxylation is 1. The molecule has 1 heterocycles. The van der Waals surface area contributed by atoms with Crippen molar-refractivity contribution in [1.29, 1.82) is 0 Å². The molecule has 3 nitrogen and oxygen atoms in total. The molecule has 0 N–H and O–H groups in total. The van der Waals surface area contributed by atoms with E-state index in [1.807, 2.05) is 25.4 Å². The van der Waals surface area contributed by atoms with Crippen LogP contribution in [0.5, 0.6) is 0 Å². The molecule has 2 aromatic rings. The Balaban J connectivity index is 2.44. The number of rotatable bonds is 4. The van der Waals surface area contributed by atoms with E-state index in [4.69, 9.17) is 11.6 Å². The zero-order valence-electron chi connectivity index (χ0n) is 12.4. The fraction of sp³-hybridized carbons (Fsp3) is 0.375. The molecule has 0 bridgehead atoms. The summed E-state index contributed by atoms with van der Waals surface area (Å²) >= 11 is 6.06. The van der Waals surface area contributed by atoms with E-state index in [2.05, 4.69) is 47.8 Å². The largest absolute Gasteiger partial charge is 0.342 e. The highest BCUT2D eigenvalue weighted by Crippen LogP contribution is 2.29. The number of aromatic nitrogens is 2. The number of nitrogens with zero attached hydrogens (tertiary/aromatic N) is 3. The highest BCUT2D eigenvalue weighted by Gasteiger charge is 2.14. The second-order valence-electron chi connectivity index (χ2n) is 5.19. The topological polar surface area (TPSA) is 29.0 Å². The van der Waals surface area contributed by atoms with Gasteiger partial charge in [-0.1, -0.05) is 32.0 Å². The zero-order valence-corrected chi connectivity index (χ0v) is 13.1. The van der Waals surface area contributed by atoms with E-state index in [-0.39, 0.29) is 0 Å². The Hall–Kier alpha value is -1.61. The fourth-order valence-electron chi connectivity index (χ4n) is 2.15. The predicted octanol–water partition coefficient (Wildman–Crippen LogP) is 4.42. The number of anilines is 2. The van der Waals surface area contributed by atoms with Crippen molar-refractivity contribution in [2.75, 3.05) is 11.9 Å². The van der Waals surface area contributed by atoms with Crippen LogP contribution in [0.2, 0.25) is 0 Å². The Kier molecular flexibility index (Phi) is 4.61. The van der Waals surface area contributed by atoms with E-state index in [0.29, 0.717) is 11.8 Å². The standard InChI is InChI=1S/C16H20ClN3/c1-11(2)16-18-10-15(13(9-17)19-16)20(4)14-8-6-5-7-12(14)3/h5-8,10-11H,9H2,1-4H3. The molecule has 20 heavy (non-hydrogen) atoms. The number of para-hydroxylation sites is 1. The van der Waals surface area contributed by atoms with E-state index in [1.165, 1.54) is 5.56 Å². The third-order valence-electron chi connectivity index (χ3n) is 3.35. The maximum absolute atomic E-state index is 6.06. The van der Waals surface area contributed by atoms with Crippen LogP contribution < -0.4 is 4.90 Å². The van der Waals surface area contributed by atoms with Crippen molar-refractivity contribution < 1.29 is 0 Å². The predicted molar refractivity (Wildman–Crippen MR) is 84.9 cm³/mol. The Morgan fingerprint density at radius 1 is 1.20 bits per heavy atom. The van der Waals surface area contributed by atoms with Crippen LogP contribution in [-0.4, -0.2) is 17.0 Å². The maximum atomic E-state index is 6.06. The first-order valence-electron chi connectivity index (χ1n) is 6.75. The van der Waals surface area contributed by atoms with Crippen molar-refractivity contribution in [3.63, 3.8) is 0 Å². The van der Waals surface area contributed by atoms with Crippen molar-refractivity contribution in [2.45, 2.75) is 32.6 Å². The normalized spacial score (nSPS) is 10.9. The van der Waals surface area contributed by atoms with Crippen LogP contribution in [0.25, 0.3) is 0 Å². The Labute approximate surface area is 125 Å². The number of halogens is 1. The first-order valence-corrected chi connectivity index (χ1v) is 7.29. The summed E-state index contributed by atoms with van der Waals surface area (Å²) in [5.74, 6) is 1.52. The molecule has 0 atom stereocenters. The van der Waals surface area contributed by atoms with Crippen molar-refractivity contribution >= 4 is 23.0 Å². The van der Waals surface area contributed by atoms with Gasteiger partial charge in [0.2, 0.25) is 0 Å². The van der Waals surface area contributed by atoms with Crippen LogP contribution in [0.3, 0.4) is 0 Å². The van der Waals surface area contributed by atoms with Crippen LogP contribution in [0.15, 0.2) is 30.5 Å². The molecular formula is C16H20ClN3. The van der Waals surface area contributed by atoms with Crippen LogP contribution in [0.1, 0.15) is 36.8 Å². The molecule has 0 saturated carbocycles. The van der Waals surface area contributed by atoms with Gasteiger partial charge in [-0.2, -0.15) is 0 Å². The van der Waals surface area contributed by atoms with Gasteiger partial charge in [0.1, 0.15) is 5.82 Å².